The van der Waals surface area contributed by atoms with Crippen LogP contribution in [0.5, 0.6) is 0 Å². The number of nitrogens with two attached hydrogens (primary N) is 1. The first-order valence-electron chi connectivity index (χ1n) is 5.63. The van der Waals surface area contributed by atoms with E-state index in [1.807, 2.05) is 0 Å². The molecule has 0 aliphatic heterocycles. The van der Waals surface area contributed by atoms with E-state index in [4.69, 9.17) is 29.6 Å². The summed E-state index contributed by atoms with van der Waals surface area (Å²) in [6.07, 6.45) is 2.07. The second-order valence-corrected chi connectivity index (χ2v) is 8.20. The number of sulfonamides is 1. The molecule has 1 aromatic rings. The fourth-order valence-corrected chi connectivity index (χ4v) is 3.66. The predicted octanol–water partition coefficient (Wildman–Crippen LogP) is 1.02. The van der Waals surface area contributed by atoms with Crippen molar-refractivity contribution in [3.8, 4) is 0 Å². The molecule has 5 nitrogen and oxygen atoms in total. The molecule has 0 fully saturated rings. The Labute approximate surface area is 131 Å². The highest BCUT2D eigenvalue weighted by molar-refractivity contribution is 7.89. The van der Waals surface area contributed by atoms with Gasteiger partial charge in [0, 0.05) is 34.9 Å². The molecule has 3 N–H and O–H groups in total. The summed E-state index contributed by atoms with van der Waals surface area (Å²) in [5.41, 5.74) is 5.89. The Balaban J connectivity index is 2.80. The average Bonchev–Trinajstić information content (AvgIpc) is 2.34. The van der Waals surface area contributed by atoms with E-state index in [0.29, 0.717) is 17.7 Å². The van der Waals surface area contributed by atoms with Crippen LogP contribution in [0.4, 0.5) is 0 Å². The van der Waals surface area contributed by atoms with Crippen molar-refractivity contribution < 1.29 is 12.6 Å². The summed E-state index contributed by atoms with van der Waals surface area (Å²) < 4.78 is 37.3. The molecule has 0 amide bonds. The van der Waals surface area contributed by atoms with Crippen molar-refractivity contribution >= 4 is 49.6 Å². The van der Waals surface area contributed by atoms with E-state index < -0.39 is 20.8 Å². The van der Waals surface area contributed by atoms with Crippen LogP contribution in [0.15, 0.2) is 23.1 Å². The number of thiocarbonyl (C=S) groups is 1. The molecule has 0 aliphatic carbocycles. The molecular weight excluding hydrogens is 340 g/mol. The number of rotatable bonds is 7. The fourth-order valence-electron chi connectivity index (χ4n) is 1.43. The van der Waals surface area contributed by atoms with Crippen LogP contribution in [0, 0.1) is 0 Å². The minimum Gasteiger partial charge on any atom is -0.389 e. The molecule has 0 spiro atoms. The minimum absolute atomic E-state index is 0.0418. The number of nitrogens with one attached hydrogen (secondary N) is 1. The second kappa shape index (κ2) is 7.46. The van der Waals surface area contributed by atoms with Gasteiger partial charge in [-0.05, 0) is 24.6 Å². The molecule has 0 aromatic heterocycles. The first kappa shape index (κ1) is 17.5. The topological polar surface area (TPSA) is 89.3 Å². The highest BCUT2D eigenvalue weighted by atomic mass is 35.5. The number of hydrogen-bond acceptors (Lipinski definition) is 4. The zero-order valence-corrected chi connectivity index (χ0v) is 14.0. The molecule has 1 unspecified atom stereocenters. The summed E-state index contributed by atoms with van der Waals surface area (Å²) in [5.74, 6) is 0.448. The van der Waals surface area contributed by atoms with Crippen molar-refractivity contribution in [2.24, 2.45) is 5.73 Å². The maximum absolute atomic E-state index is 12.0. The van der Waals surface area contributed by atoms with Gasteiger partial charge >= 0.3 is 0 Å². The number of benzene rings is 1. The Kier molecular flexibility index (Phi) is 6.53. The Morgan fingerprint density at radius 3 is 2.65 bits per heavy atom. The van der Waals surface area contributed by atoms with Gasteiger partial charge in [-0.2, -0.15) is 0 Å². The Morgan fingerprint density at radius 1 is 1.50 bits per heavy atom. The Morgan fingerprint density at radius 2 is 2.15 bits per heavy atom. The molecule has 20 heavy (non-hydrogen) atoms. The standard InChI is InChI=1S/C11H15ClN2O3S3/c1-19(15)6-2-5-14-20(16,17)8-3-4-9(11(13)18)10(12)7-8/h3-4,7,14H,2,5-6H2,1H3,(H2,13,18). The van der Waals surface area contributed by atoms with E-state index in [1.54, 1.807) is 6.26 Å². The molecule has 0 saturated carbocycles. The van der Waals surface area contributed by atoms with Gasteiger partial charge in [0.05, 0.1) is 9.92 Å². The van der Waals surface area contributed by atoms with Gasteiger partial charge in [0.1, 0.15) is 4.99 Å². The summed E-state index contributed by atoms with van der Waals surface area (Å²) in [6.45, 7) is 0.219. The summed E-state index contributed by atoms with van der Waals surface area (Å²) in [4.78, 5) is 0.150. The van der Waals surface area contributed by atoms with E-state index in [-0.39, 0.29) is 21.5 Å². The lowest BCUT2D eigenvalue weighted by molar-refractivity contribution is 0.580. The molecule has 1 atom stereocenters. The van der Waals surface area contributed by atoms with Crippen LogP contribution >= 0.6 is 23.8 Å². The third-order valence-electron chi connectivity index (χ3n) is 2.42. The first-order chi connectivity index (χ1) is 9.24. The van der Waals surface area contributed by atoms with Crippen LogP contribution in [-0.4, -0.2) is 36.2 Å². The Bertz CT molecular complexity index is 632. The van der Waals surface area contributed by atoms with Gasteiger partial charge < -0.3 is 5.73 Å². The van der Waals surface area contributed by atoms with Gasteiger partial charge in [-0.15, -0.1) is 0 Å². The normalized spacial score (nSPS) is 13.1. The van der Waals surface area contributed by atoms with E-state index in [0.717, 1.165) is 0 Å². The van der Waals surface area contributed by atoms with Gasteiger partial charge in [0.15, 0.2) is 0 Å². The molecule has 0 radical (unpaired) electrons. The molecular formula is C11H15ClN2O3S3. The summed E-state index contributed by atoms with van der Waals surface area (Å²) in [5, 5.41) is 0.190. The van der Waals surface area contributed by atoms with Gasteiger partial charge in [-0.1, -0.05) is 23.8 Å². The zero-order valence-electron chi connectivity index (χ0n) is 10.8. The van der Waals surface area contributed by atoms with E-state index in [9.17, 15) is 12.6 Å². The van der Waals surface area contributed by atoms with Crippen LogP contribution in [-0.2, 0) is 20.8 Å². The maximum Gasteiger partial charge on any atom is 0.240 e. The van der Waals surface area contributed by atoms with Gasteiger partial charge in [-0.25, -0.2) is 13.1 Å². The van der Waals surface area contributed by atoms with E-state index in [1.165, 1.54) is 18.2 Å². The quantitative estimate of drug-likeness (QED) is 0.563. The lowest BCUT2D eigenvalue weighted by Crippen LogP contribution is -2.26. The molecule has 1 rings (SSSR count). The highest BCUT2D eigenvalue weighted by Crippen LogP contribution is 2.20. The van der Waals surface area contributed by atoms with Crippen LogP contribution in [0.25, 0.3) is 0 Å². The van der Waals surface area contributed by atoms with Crippen molar-refractivity contribution in [1.82, 2.24) is 4.72 Å². The summed E-state index contributed by atoms with van der Waals surface area (Å²) >= 11 is 10.7. The van der Waals surface area contributed by atoms with Crippen LogP contribution in [0.3, 0.4) is 0 Å². The van der Waals surface area contributed by atoms with Crippen LogP contribution in [0.2, 0.25) is 5.02 Å². The highest BCUT2D eigenvalue weighted by Gasteiger charge is 2.15. The van der Waals surface area contributed by atoms with Crippen molar-refractivity contribution in [1.29, 1.82) is 0 Å². The average molecular weight is 355 g/mol. The smallest absolute Gasteiger partial charge is 0.240 e. The maximum atomic E-state index is 12.0. The third-order valence-corrected chi connectivity index (χ3v) is 5.27. The number of hydrogen-bond donors (Lipinski definition) is 2. The van der Waals surface area contributed by atoms with Crippen molar-refractivity contribution in [2.45, 2.75) is 11.3 Å². The monoisotopic (exact) mass is 354 g/mol. The van der Waals surface area contributed by atoms with Crippen molar-refractivity contribution in [2.75, 3.05) is 18.6 Å². The minimum atomic E-state index is -3.64. The van der Waals surface area contributed by atoms with Gasteiger partial charge in [0.25, 0.3) is 0 Å². The third kappa shape index (κ3) is 5.10. The fraction of sp³-hybridized carbons (Fsp3) is 0.364. The summed E-state index contributed by atoms with van der Waals surface area (Å²) in [7, 11) is -4.58. The lowest BCUT2D eigenvalue weighted by Gasteiger charge is -2.08. The van der Waals surface area contributed by atoms with Gasteiger partial charge in [0.2, 0.25) is 10.0 Å². The molecule has 112 valence electrons. The first-order valence-corrected chi connectivity index (χ1v) is 9.63. The molecule has 0 bridgehead atoms. The van der Waals surface area contributed by atoms with Crippen molar-refractivity contribution in [3.63, 3.8) is 0 Å². The molecule has 9 heteroatoms. The molecule has 0 heterocycles. The Hall–Kier alpha value is -0.540. The van der Waals surface area contributed by atoms with E-state index in [2.05, 4.69) is 4.72 Å². The largest absolute Gasteiger partial charge is 0.389 e. The second-order valence-electron chi connectivity index (χ2n) is 4.03. The lowest BCUT2D eigenvalue weighted by atomic mass is 10.2. The molecule has 0 saturated heterocycles. The number of halogens is 1. The zero-order chi connectivity index (χ0) is 15.3. The molecule has 0 aliphatic rings. The summed E-state index contributed by atoms with van der Waals surface area (Å²) in [6, 6.07) is 4.16. The van der Waals surface area contributed by atoms with Crippen LogP contribution in [0.1, 0.15) is 12.0 Å². The van der Waals surface area contributed by atoms with Crippen molar-refractivity contribution in [3.05, 3.63) is 28.8 Å². The van der Waals surface area contributed by atoms with E-state index >= 15 is 0 Å². The predicted molar refractivity (Wildman–Crippen MR) is 86.1 cm³/mol. The van der Waals surface area contributed by atoms with Crippen LogP contribution < -0.4 is 10.5 Å². The molecule has 1 aromatic carbocycles. The SMILES string of the molecule is CS(=O)CCCNS(=O)(=O)c1ccc(C(N)=S)c(Cl)c1. The van der Waals surface area contributed by atoms with Gasteiger partial charge in [-0.3, -0.25) is 4.21 Å².